The van der Waals surface area contributed by atoms with Crippen LogP contribution >= 0.6 is 35.3 Å². The van der Waals surface area contributed by atoms with Gasteiger partial charge in [-0.1, -0.05) is 53.5 Å². The van der Waals surface area contributed by atoms with Gasteiger partial charge in [0.15, 0.2) is 0 Å². The molecule has 12 heteroatoms. The smallest absolute Gasteiger partial charge is 0.346 e. The molecule has 0 saturated heterocycles. The number of benzene rings is 1. The number of nitrogens with one attached hydrogen (secondary N) is 1. The summed E-state index contributed by atoms with van der Waals surface area (Å²) in [6, 6.07) is 7.58. The van der Waals surface area contributed by atoms with Crippen molar-refractivity contribution >= 4 is 70.4 Å². The molecule has 0 unspecified atom stereocenters. The van der Waals surface area contributed by atoms with Gasteiger partial charge in [0.05, 0.1) is 37.5 Å². The second kappa shape index (κ2) is 12.0. The normalized spacial score (nSPS) is 18.6. The topological polar surface area (TPSA) is 117 Å². The molecule has 0 aliphatic carbocycles. The molecule has 4 rings (SSSR count). The summed E-state index contributed by atoms with van der Waals surface area (Å²) in [6.45, 7) is 10.9. The van der Waals surface area contributed by atoms with E-state index in [0.717, 1.165) is 51.4 Å². The van der Waals surface area contributed by atoms with Gasteiger partial charge in [0, 0.05) is 21.7 Å². The molecule has 0 bridgehead atoms. The number of anilines is 1. The van der Waals surface area contributed by atoms with Gasteiger partial charge in [0.1, 0.15) is 18.8 Å². The zero-order chi connectivity index (χ0) is 29.2. The number of carbonyl (C=O) groups excluding carboxylic acids is 4. The first kappa shape index (κ1) is 30.1. The molecule has 3 aliphatic rings. The minimum absolute atomic E-state index is 0.000139. The van der Waals surface area contributed by atoms with Gasteiger partial charge in [-0.05, 0) is 47.6 Å². The fourth-order valence-corrected chi connectivity index (χ4v) is 9.55. The van der Waals surface area contributed by atoms with E-state index in [1.807, 2.05) is 38.1 Å². The van der Waals surface area contributed by atoms with Crippen LogP contribution in [0.4, 0.5) is 5.69 Å². The van der Waals surface area contributed by atoms with Gasteiger partial charge in [-0.2, -0.15) is 0 Å². The molecule has 0 atom stereocenters. The van der Waals surface area contributed by atoms with Crippen molar-refractivity contribution in [3.63, 3.8) is 0 Å². The Balaban J connectivity index is 2.09. The summed E-state index contributed by atoms with van der Waals surface area (Å²) in [5.74, 6) is -2.88. The van der Waals surface area contributed by atoms with Crippen LogP contribution in [0, 0.1) is 0 Å². The summed E-state index contributed by atoms with van der Waals surface area (Å²) in [4.78, 5) is 54.6. The van der Waals surface area contributed by atoms with Crippen LogP contribution in [0.1, 0.15) is 47.1 Å². The van der Waals surface area contributed by atoms with E-state index in [1.54, 1.807) is 27.7 Å². The molecule has 1 N–H and O–H groups in total. The molecule has 214 valence electrons. The summed E-state index contributed by atoms with van der Waals surface area (Å²) in [5, 5.41) is 3.53. The molecule has 0 radical (unpaired) electrons. The number of rotatable bonds is 8. The predicted molar refractivity (Wildman–Crippen MR) is 157 cm³/mol. The minimum Gasteiger partial charge on any atom is -0.463 e. The van der Waals surface area contributed by atoms with E-state index in [4.69, 9.17) is 18.9 Å². The third-order valence-electron chi connectivity index (χ3n) is 6.09. The Labute approximate surface area is 245 Å². The lowest BCUT2D eigenvalue weighted by Gasteiger charge is -2.46. The highest BCUT2D eigenvalue weighted by Gasteiger charge is 2.60. The van der Waals surface area contributed by atoms with E-state index in [2.05, 4.69) is 5.32 Å². The fourth-order valence-electron chi connectivity index (χ4n) is 4.61. The molecule has 1 spiro atoms. The zero-order valence-electron chi connectivity index (χ0n) is 23.1. The van der Waals surface area contributed by atoms with Crippen LogP contribution in [0.3, 0.4) is 0 Å². The van der Waals surface area contributed by atoms with Crippen molar-refractivity contribution in [1.82, 2.24) is 0 Å². The quantitative estimate of drug-likeness (QED) is 0.308. The SMILES string of the molecule is CCOC(=O)C1=C(C(=O)OCC)SC2(S1)C(C(=O)OCC)=C(C(=O)OCC)SC1=C2c2ccccc2NC1(C)C. The van der Waals surface area contributed by atoms with Crippen LogP contribution in [-0.2, 0) is 38.1 Å². The summed E-state index contributed by atoms with van der Waals surface area (Å²) < 4.78 is 20.1. The Bertz CT molecular complexity index is 1330. The first-order valence-corrected chi connectivity index (χ1v) is 15.4. The highest BCUT2D eigenvalue weighted by molar-refractivity contribution is 8.26. The van der Waals surface area contributed by atoms with E-state index < -0.39 is 33.5 Å². The Morgan fingerprint density at radius 3 is 1.73 bits per heavy atom. The van der Waals surface area contributed by atoms with Gasteiger partial charge in [-0.15, -0.1) is 0 Å². The van der Waals surface area contributed by atoms with Gasteiger partial charge in [0.2, 0.25) is 0 Å². The van der Waals surface area contributed by atoms with Crippen molar-refractivity contribution in [2.24, 2.45) is 0 Å². The number of hydrogen-bond donors (Lipinski definition) is 1. The number of hydrogen-bond acceptors (Lipinski definition) is 12. The molecule has 9 nitrogen and oxygen atoms in total. The van der Waals surface area contributed by atoms with E-state index in [0.29, 0.717) is 5.57 Å². The molecule has 0 saturated carbocycles. The monoisotopic (exact) mass is 605 g/mol. The van der Waals surface area contributed by atoms with Gasteiger partial charge >= 0.3 is 23.9 Å². The van der Waals surface area contributed by atoms with Crippen molar-refractivity contribution in [2.45, 2.75) is 51.2 Å². The molecule has 1 aromatic carbocycles. The molecular formula is C28H31NO8S3. The van der Waals surface area contributed by atoms with Crippen LogP contribution < -0.4 is 5.32 Å². The molecule has 3 heterocycles. The van der Waals surface area contributed by atoms with Gasteiger partial charge in [-0.3, -0.25) is 0 Å². The number of thioether (sulfide) groups is 3. The lowest BCUT2D eigenvalue weighted by molar-refractivity contribution is -0.141. The molecule has 40 heavy (non-hydrogen) atoms. The Morgan fingerprint density at radius 2 is 1.20 bits per heavy atom. The number of esters is 4. The second-order valence-corrected chi connectivity index (χ2v) is 12.9. The Morgan fingerprint density at radius 1 is 0.725 bits per heavy atom. The molecule has 0 aromatic heterocycles. The third-order valence-corrected chi connectivity index (χ3v) is 10.8. The van der Waals surface area contributed by atoms with Crippen LogP contribution in [-0.4, -0.2) is 59.9 Å². The summed E-state index contributed by atoms with van der Waals surface area (Å²) in [5.41, 5.74) is 1.56. The first-order chi connectivity index (χ1) is 19.1. The van der Waals surface area contributed by atoms with Gasteiger partial charge in [0.25, 0.3) is 0 Å². The second-order valence-electron chi connectivity index (χ2n) is 9.17. The van der Waals surface area contributed by atoms with E-state index in [9.17, 15) is 19.2 Å². The fraction of sp³-hybridized carbons (Fsp3) is 0.429. The largest absolute Gasteiger partial charge is 0.463 e. The number of para-hydroxylation sites is 1. The molecule has 0 amide bonds. The highest BCUT2D eigenvalue weighted by atomic mass is 32.2. The van der Waals surface area contributed by atoms with Gasteiger partial charge < -0.3 is 24.3 Å². The van der Waals surface area contributed by atoms with Crippen molar-refractivity contribution in [3.8, 4) is 0 Å². The molecule has 1 aromatic rings. The van der Waals surface area contributed by atoms with Crippen molar-refractivity contribution < 1.29 is 38.1 Å². The maximum Gasteiger partial charge on any atom is 0.346 e. The maximum absolute atomic E-state index is 13.8. The molecule has 3 aliphatic heterocycles. The summed E-state index contributed by atoms with van der Waals surface area (Å²) in [7, 11) is 0. The highest BCUT2D eigenvalue weighted by Crippen LogP contribution is 2.70. The molecular weight excluding hydrogens is 575 g/mol. The minimum atomic E-state index is -1.46. The third kappa shape index (κ3) is 5.16. The Hall–Kier alpha value is -2.83. The maximum atomic E-state index is 13.8. The average molecular weight is 606 g/mol. The lowest BCUT2D eigenvalue weighted by atomic mass is 9.85. The standard InChI is InChI=1S/C28H31NO8S3/c1-7-34-23(30)18-19(24(31)35-8-2)38-22-17(15-13-11-12-14-16(15)29-27(22,5)6)28(18)39-20(25(32)36-9-3)21(40-28)26(33)37-10-4/h11-14,29H,7-10H2,1-6H3. The predicted octanol–water partition coefficient (Wildman–Crippen LogP) is 5.24. The van der Waals surface area contributed by atoms with E-state index in [1.165, 1.54) is 0 Å². The Kier molecular flexibility index (Phi) is 9.01. The molecule has 0 fully saturated rings. The number of carbonyl (C=O) groups is 4. The zero-order valence-corrected chi connectivity index (χ0v) is 25.6. The lowest BCUT2D eigenvalue weighted by Crippen LogP contribution is -2.44. The van der Waals surface area contributed by atoms with E-state index >= 15 is 0 Å². The summed E-state index contributed by atoms with van der Waals surface area (Å²) in [6.07, 6.45) is 0. The first-order valence-electron chi connectivity index (χ1n) is 12.9. The average Bonchev–Trinajstić information content (AvgIpc) is 3.29. The van der Waals surface area contributed by atoms with Crippen molar-refractivity contribution in [1.29, 1.82) is 0 Å². The van der Waals surface area contributed by atoms with Gasteiger partial charge in [-0.25, -0.2) is 19.2 Å². The van der Waals surface area contributed by atoms with Crippen molar-refractivity contribution in [2.75, 3.05) is 31.7 Å². The van der Waals surface area contributed by atoms with E-state index in [-0.39, 0.29) is 46.7 Å². The van der Waals surface area contributed by atoms with Crippen LogP contribution in [0.2, 0.25) is 0 Å². The van der Waals surface area contributed by atoms with Crippen LogP contribution in [0.15, 0.2) is 49.5 Å². The van der Waals surface area contributed by atoms with Crippen molar-refractivity contribution in [3.05, 3.63) is 55.0 Å². The van der Waals surface area contributed by atoms with Crippen LogP contribution in [0.5, 0.6) is 0 Å². The van der Waals surface area contributed by atoms with Crippen LogP contribution in [0.25, 0.3) is 5.57 Å². The number of ether oxygens (including phenoxy) is 4. The number of fused-ring (bicyclic) bond motifs is 3. The summed E-state index contributed by atoms with van der Waals surface area (Å²) >= 11 is 3.14.